The third kappa shape index (κ3) is 4.45. The molecule has 4 heterocycles. The van der Waals surface area contributed by atoms with Gasteiger partial charge in [-0.2, -0.15) is 10.2 Å². The summed E-state index contributed by atoms with van der Waals surface area (Å²) >= 11 is 1.58. The summed E-state index contributed by atoms with van der Waals surface area (Å²) in [4.78, 5) is 15.7. The van der Waals surface area contributed by atoms with Crippen molar-refractivity contribution in [3.05, 3.63) is 70.1 Å². The molecular weight excluding hydrogens is 398 g/mol. The number of nitrogens with zero attached hydrogens (tertiary/aromatic N) is 5. The van der Waals surface area contributed by atoms with Crippen LogP contribution in [0.2, 0.25) is 0 Å². The van der Waals surface area contributed by atoms with E-state index in [0.717, 1.165) is 35.9 Å². The molecule has 0 radical (unpaired) electrons. The Morgan fingerprint density at radius 1 is 1.27 bits per heavy atom. The third-order valence-electron chi connectivity index (χ3n) is 5.77. The Kier molecular flexibility index (Phi) is 5.99. The number of piperidine rings is 1. The van der Waals surface area contributed by atoms with Crippen molar-refractivity contribution in [2.24, 2.45) is 0 Å². The molecular formula is C22H27N5O2S. The van der Waals surface area contributed by atoms with Crippen LogP contribution in [0.4, 0.5) is 0 Å². The molecule has 1 saturated heterocycles. The molecule has 1 fully saturated rings. The number of aliphatic hydroxyl groups is 1. The summed E-state index contributed by atoms with van der Waals surface area (Å²) in [5, 5.41) is 22.0. The number of thiophene rings is 1. The fourth-order valence-corrected chi connectivity index (χ4v) is 4.56. The van der Waals surface area contributed by atoms with Gasteiger partial charge in [-0.25, -0.2) is 4.68 Å². The highest BCUT2D eigenvalue weighted by Crippen LogP contribution is 2.26. The lowest BCUT2D eigenvalue weighted by molar-refractivity contribution is -0.0389. The molecule has 30 heavy (non-hydrogen) atoms. The summed E-state index contributed by atoms with van der Waals surface area (Å²) in [5.74, 6) is 0. The molecule has 4 rings (SSSR count). The molecule has 158 valence electrons. The highest BCUT2D eigenvalue weighted by Gasteiger charge is 2.33. The van der Waals surface area contributed by atoms with Crippen LogP contribution in [0.15, 0.2) is 53.3 Å². The summed E-state index contributed by atoms with van der Waals surface area (Å²) < 4.78 is 3.36. The van der Waals surface area contributed by atoms with Crippen LogP contribution < -0.4 is 5.56 Å². The van der Waals surface area contributed by atoms with Crippen LogP contribution in [0.3, 0.4) is 0 Å². The number of rotatable bonds is 7. The van der Waals surface area contributed by atoms with E-state index in [-0.39, 0.29) is 12.1 Å². The Bertz CT molecular complexity index is 1060. The van der Waals surface area contributed by atoms with Crippen LogP contribution in [0.5, 0.6) is 0 Å². The molecule has 1 aliphatic rings. The first-order valence-electron chi connectivity index (χ1n) is 10.2. The molecule has 7 nitrogen and oxygen atoms in total. The maximum absolute atomic E-state index is 12.3. The monoisotopic (exact) mass is 425 g/mol. The lowest BCUT2D eigenvalue weighted by Gasteiger charge is -2.38. The number of hydrogen-bond donors (Lipinski definition) is 1. The summed E-state index contributed by atoms with van der Waals surface area (Å²) in [7, 11) is 0. The highest BCUT2D eigenvalue weighted by molar-refractivity contribution is 7.13. The molecule has 3 aromatic rings. The van der Waals surface area contributed by atoms with Crippen molar-refractivity contribution in [3.8, 4) is 10.6 Å². The highest BCUT2D eigenvalue weighted by atomic mass is 32.1. The van der Waals surface area contributed by atoms with Crippen molar-refractivity contribution < 1.29 is 5.11 Å². The fraction of sp³-hybridized carbons (Fsp3) is 0.409. The first kappa shape index (κ1) is 20.7. The quantitative estimate of drug-likeness (QED) is 0.589. The molecule has 0 unspecified atom stereocenters. The molecule has 0 atom stereocenters. The lowest BCUT2D eigenvalue weighted by atomic mass is 9.91. The van der Waals surface area contributed by atoms with Crippen molar-refractivity contribution >= 4 is 11.3 Å². The predicted molar refractivity (Wildman–Crippen MR) is 118 cm³/mol. The zero-order valence-corrected chi connectivity index (χ0v) is 18.0. The molecule has 3 aromatic heterocycles. The molecule has 0 spiro atoms. The topological polar surface area (TPSA) is 76.2 Å². The fourth-order valence-electron chi connectivity index (χ4n) is 3.87. The largest absolute Gasteiger partial charge is 0.388 e. The van der Waals surface area contributed by atoms with Gasteiger partial charge in [0.15, 0.2) is 0 Å². The zero-order chi connectivity index (χ0) is 21.1. The van der Waals surface area contributed by atoms with Gasteiger partial charge in [-0.3, -0.25) is 14.4 Å². The second-order valence-electron chi connectivity index (χ2n) is 7.92. The Balaban J connectivity index is 1.40. The summed E-state index contributed by atoms with van der Waals surface area (Å²) in [6.07, 6.45) is 4.96. The Labute approximate surface area is 179 Å². The first-order chi connectivity index (χ1) is 14.5. The van der Waals surface area contributed by atoms with E-state index in [4.69, 9.17) is 0 Å². The van der Waals surface area contributed by atoms with Gasteiger partial charge in [-0.1, -0.05) is 12.1 Å². The van der Waals surface area contributed by atoms with Gasteiger partial charge in [0.25, 0.3) is 5.56 Å². The maximum Gasteiger partial charge on any atom is 0.266 e. The van der Waals surface area contributed by atoms with Gasteiger partial charge in [0.05, 0.1) is 29.8 Å². The maximum atomic E-state index is 12.3. The average molecular weight is 426 g/mol. The number of likely N-dealkylation sites (tertiary alicyclic amines) is 1. The van der Waals surface area contributed by atoms with Gasteiger partial charge >= 0.3 is 0 Å². The van der Waals surface area contributed by atoms with E-state index in [9.17, 15) is 9.90 Å². The number of allylic oxidation sites excluding steroid dienone is 1. The van der Waals surface area contributed by atoms with E-state index >= 15 is 0 Å². The van der Waals surface area contributed by atoms with E-state index in [1.54, 1.807) is 17.4 Å². The van der Waals surface area contributed by atoms with Crippen molar-refractivity contribution in [2.45, 2.75) is 45.0 Å². The molecule has 0 bridgehead atoms. The van der Waals surface area contributed by atoms with Gasteiger partial charge in [-0.15, -0.1) is 17.9 Å². The first-order valence-corrected chi connectivity index (χ1v) is 11.0. The molecule has 0 aromatic carbocycles. The van der Waals surface area contributed by atoms with Crippen molar-refractivity contribution in [1.82, 2.24) is 24.5 Å². The summed E-state index contributed by atoms with van der Waals surface area (Å²) in [5.41, 5.74) is 2.00. The minimum atomic E-state index is -0.927. The molecule has 1 N–H and O–H groups in total. The Morgan fingerprint density at radius 3 is 2.77 bits per heavy atom. The zero-order valence-electron chi connectivity index (χ0n) is 17.2. The van der Waals surface area contributed by atoms with Gasteiger partial charge < -0.3 is 5.11 Å². The lowest BCUT2D eigenvalue weighted by Crippen LogP contribution is -2.48. The molecule has 1 aliphatic heterocycles. The minimum Gasteiger partial charge on any atom is -0.388 e. The SMILES string of the molecule is C=CCn1ncc(CN2CCC(O)(Cn3nc(-c4cccs4)ccc3=O)CC2)c1C. The van der Waals surface area contributed by atoms with Gasteiger partial charge in [0.1, 0.15) is 5.69 Å². The van der Waals surface area contributed by atoms with Crippen LogP contribution in [0.25, 0.3) is 10.6 Å². The molecule has 0 aliphatic carbocycles. The second-order valence-corrected chi connectivity index (χ2v) is 8.87. The predicted octanol–water partition coefficient (Wildman–Crippen LogP) is 2.69. The van der Waals surface area contributed by atoms with E-state index in [1.165, 1.54) is 16.3 Å². The van der Waals surface area contributed by atoms with Crippen molar-refractivity contribution in [3.63, 3.8) is 0 Å². The Hall–Kier alpha value is -2.55. The van der Waals surface area contributed by atoms with E-state index in [1.807, 2.05) is 34.5 Å². The van der Waals surface area contributed by atoms with Gasteiger partial charge in [-0.05, 0) is 37.3 Å². The normalized spacial score (nSPS) is 16.6. The minimum absolute atomic E-state index is 0.184. The smallest absolute Gasteiger partial charge is 0.266 e. The van der Waals surface area contributed by atoms with Gasteiger partial charge in [0, 0.05) is 37.0 Å². The number of aromatic nitrogens is 4. The third-order valence-corrected chi connectivity index (χ3v) is 6.66. The van der Waals surface area contributed by atoms with Crippen LogP contribution in [-0.2, 0) is 19.6 Å². The Morgan fingerprint density at radius 2 is 2.07 bits per heavy atom. The van der Waals surface area contributed by atoms with Crippen LogP contribution in [0.1, 0.15) is 24.1 Å². The number of hydrogen-bond acceptors (Lipinski definition) is 6. The van der Waals surface area contributed by atoms with Crippen molar-refractivity contribution in [2.75, 3.05) is 13.1 Å². The van der Waals surface area contributed by atoms with Crippen molar-refractivity contribution in [1.29, 1.82) is 0 Å². The van der Waals surface area contributed by atoms with Gasteiger partial charge in [0.2, 0.25) is 0 Å². The molecule has 0 amide bonds. The van der Waals surface area contributed by atoms with E-state index in [2.05, 4.69) is 28.6 Å². The second kappa shape index (κ2) is 8.67. The van der Waals surface area contributed by atoms with E-state index < -0.39 is 5.60 Å². The summed E-state index contributed by atoms with van der Waals surface area (Å²) in [6, 6.07) is 7.22. The standard InChI is InChI=1S/C22H27N5O2S/c1-3-10-26-17(2)18(14-23-26)15-25-11-8-22(29,9-12-25)16-27-21(28)7-6-19(24-27)20-5-4-13-30-20/h3-7,13-14,29H,1,8-12,15-16H2,2H3. The van der Waals surface area contributed by atoms with Crippen LogP contribution >= 0.6 is 11.3 Å². The van der Waals surface area contributed by atoms with Crippen LogP contribution in [0, 0.1) is 6.92 Å². The molecule has 8 heteroatoms. The summed E-state index contributed by atoms with van der Waals surface area (Å²) in [6.45, 7) is 9.11. The average Bonchev–Trinajstić information content (AvgIpc) is 3.38. The van der Waals surface area contributed by atoms with Crippen LogP contribution in [-0.4, -0.2) is 48.3 Å². The molecule has 0 saturated carbocycles. The van der Waals surface area contributed by atoms with E-state index in [0.29, 0.717) is 19.4 Å².